The Morgan fingerprint density at radius 1 is 1.24 bits per heavy atom. The van der Waals surface area contributed by atoms with Crippen LogP contribution in [0.5, 0.6) is 0 Å². The fraction of sp³-hybridized carbons (Fsp3) is 0.444. The van der Waals surface area contributed by atoms with Crippen molar-refractivity contribution in [3.05, 3.63) is 56.7 Å². The van der Waals surface area contributed by atoms with Gasteiger partial charge in [0.2, 0.25) is 0 Å². The zero-order valence-corrected chi connectivity index (χ0v) is 14.6. The summed E-state index contributed by atoms with van der Waals surface area (Å²) in [5.74, 6) is 0.148. The van der Waals surface area contributed by atoms with Crippen LogP contribution in [0.3, 0.4) is 0 Å². The summed E-state index contributed by atoms with van der Waals surface area (Å²) in [6, 6.07) is 9.49. The number of benzene rings is 1. The van der Waals surface area contributed by atoms with Crippen molar-refractivity contribution in [3.8, 4) is 0 Å². The minimum Gasteiger partial charge on any atom is -0.388 e. The number of hydrogen-bond donors (Lipinski definition) is 2. The highest BCUT2D eigenvalue weighted by molar-refractivity contribution is 5.63. The maximum absolute atomic E-state index is 12.7. The Morgan fingerprint density at radius 3 is 2.56 bits per heavy atom. The number of piperidine rings is 1. The number of aliphatic hydroxyl groups is 1. The van der Waals surface area contributed by atoms with Crippen molar-refractivity contribution in [2.45, 2.75) is 31.9 Å². The summed E-state index contributed by atoms with van der Waals surface area (Å²) in [6.07, 6.45) is 1.43. The number of rotatable bonds is 3. The first-order valence-corrected chi connectivity index (χ1v) is 8.41. The zero-order chi connectivity index (χ0) is 18.2. The van der Waals surface area contributed by atoms with Gasteiger partial charge >= 0.3 is 5.69 Å². The molecule has 0 aliphatic carbocycles. The van der Waals surface area contributed by atoms with Gasteiger partial charge in [-0.25, -0.2) is 4.79 Å². The molecule has 2 aromatic rings. The van der Waals surface area contributed by atoms with E-state index in [2.05, 4.69) is 0 Å². The molecule has 7 heteroatoms. The first-order chi connectivity index (χ1) is 11.8. The summed E-state index contributed by atoms with van der Waals surface area (Å²) >= 11 is 0. The average molecular weight is 344 g/mol. The van der Waals surface area contributed by atoms with Gasteiger partial charge < -0.3 is 15.7 Å². The molecule has 2 heterocycles. The maximum Gasteiger partial charge on any atom is 0.332 e. The zero-order valence-electron chi connectivity index (χ0n) is 14.6. The van der Waals surface area contributed by atoms with E-state index in [4.69, 9.17) is 5.73 Å². The smallest absolute Gasteiger partial charge is 0.332 e. The number of anilines is 2. The monoisotopic (exact) mass is 344 g/mol. The van der Waals surface area contributed by atoms with Crippen LogP contribution in [0.15, 0.2) is 39.9 Å². The second-order valence-corrected chi connectivity index (χ2v) is 6.97. The molecule has 1 aliphatic heterocycles. The van der Waals surface area contributed by atoms with Crippen LogP contribution in [-0.2, 0) is 13.6 Å². The van der Waals surface area contributed by atoms with Crippen LogP contribution in [0.4, 0.5) is 11.5 Å². The second-order valence-electron chi connectivity index (χ2n) is 6.97. The van der Waals surface area contributed by atoms with Gasteiger partial charge in [0.15, 0.2) is 0 Å². The van der Waals surface area contributed by atoms with Crippen molar-refractivity contribution in [1.29, 1.82) is 0 Å². The van der Waals surface area contributed by atoms with Gasteiger partial charge in [0.25, 0.3) is 5.56 Å². The molecule has 1 unspecified atom stereocenters. The lowest BCUT2D eigenvalue weighted by atomic mass is 9.95. The first kappa shape index (κ1) is 17.3. The number of hydrogen-bond acceptors (Lipinski definition) is 5. The molecule has 1 aliphatic rings. The molecular formula is C18H24N4O3. The third-order valence-electron chi connectivity index (χ3n) is 4.73. The quantitative estimate of drug-likeness (QED) is 0.847. The summed E-state index contributed by atoms with van der Waals surface area (Å²) in [4.78, 5) is 27.0. The van der Waals surface area contributed by atoms with Gasteiger partial charge in [-0.2, -0.15) is 0 Å². The van der Waals surface area contributed by atoms with Crippen LogP contribution in [0.1, 0.15) is 25.3 Å². The molecule has 25 heavy (non-hydrogen) atoms. The SMILES string of the molecule is Cn1c(=O)c(N2CCCC(C)(O)C2)c(N)n(Cc2ccccc2)c1=O. The molecule has 1 aromatic heterocycles. The molecule has 134 valence electrons. The molecule has 0 bridgehead atoms. The van der Waals surface area contributed by atoms with Crippen molar-refractivity contribution >= 4 is 11.5 Å². The summed E-state index contributed by atoms with van der Waals surface area (Å²) in [5.41, 5.74) is 5.71. The summed E-state index contributed by atoms with van der Waals surface area (Å²) in [5, 5.41) is 10.4. The van der Waals surface area contributed by atoms with E-state index in [9.17, 15) is 14.7 Å². The van der Waals surface area contributed by atoms with E-state index in [1.807, 2.05) is 30.3 Å². The van der Waals surface area contributed by atoms with Gasteiger partial charge in [0.05, 0.1) is 12.1 Å². The summed E-state index contributed by atoms with van der Waals surface area (Å²) in [6.45, 7) is 2.98. The van der Waals surface area contributed by atoms with Crippen LogP contribution in [-0.4, -0.2) is 32.9 Å². The summed E-state index contributed by atoms with van der Waals surface area (Å²) in [7, 11) is 1.46. The van der Waals surface area contributed by atoms with E-state index < -0.39 is 16.9 Å². The Hall–Kier alpha value is -2.54. The van der Waals surface area contributed by atoms with E-state index in [0.29, 0.717) is 19.5 Å². The van der Waals surface area contributed by atoms with Gasteiger partial charge in [-0.1, -0.05) is 30.3 Å². The highest BCUT2D eigenvalue weighted by Gasteiger charge is 2.31. The van der Waals surface area contributed by atoms with Crippen molar-refractivity contribution in [3.63, 3.8) is 0 Å². The van der Waals surface area contributed by atoms with Crippen molar-refractivity contribution in [2.24, 2.45) is 7.05 Å². The molecule has 0 amide bonds. The topological polar surface area (TPSA) is 93.5 Å². The molecule has 3 rings (SSSR count). The van der Waals surface area contributed by atoms with E-state index >= 15 is 0 Å². The molecule has 1 atom stereocenters. The molecular weight excluding hydrogens is 320 g/mol. The maximum atomic E-state index is 12.7. The highest BCUT2D eigenvalue weighted by Crippen LogP contribution is 2.26. The van der Waals surface area contributed by atoms with E-state index in [0.717, 1.165) is 16.6 Å². The third-order valence-corrected chi connectivity index (χ3v) is 4.73. The van der Waals surface area contributed by atoms with Gasteiger partial charge in [-0.15, -0.1) is 0 Å². The Morgan fingerprint density at radius 2 is 1.92 bits per heavy atom. The van der Waals surface area contributed by atoms with Gasteiger partial charge in [0.1, 0.15) is 11.5 Å². The number of aromatic nitrogens is 2. The molecule has 0 spiro atoms. The van der Waals surface area contributed by atoms with E-state index in [1.165, 1.54) is 11.6 Å². The predicted octanol–water partition coefficient (Wildman–Crippen LogP) is 0.529. The number of nitrogens with two attached hydrogens (primary N) is 1. The molecule has 1 saturated heterocycles. The number of β-amino-alcohol motifs (C(OH)–C–C–N with tert-alkyl or cyclic N) is 1. The molecule has 7 nitrogen and oxygen atoms in total. The second kappa shape index (κ2) is 6.40. The Bertz CT molecular complexity index is 884. The van der Waals surface area contributed by atoms with Crippen molar-refractivity contribution < 1.29 is 5.11 Å². The average Bonchev–Trinajstić information content (AvgIpc) is 2.57. The first-order valence-electron chi connectivity index (χ1n) is 8.41. The van der Waals surface area contributed by atoms with Gasteiger partial charge in [0, 0.05) is 20.1 Å². The standard InChI is InChI=1S/C18H24N4O3/c1-18(25)9-6-10-21(12-18)14-15(19)22(17(24)20(2)16(14)23)11-13-7-4-3-5-8-13/h3-5,7-8,25H,6,9-12,19H2,1-2H3. The Kier molecular flexibility index (Phi) is 4.43. The Balaban J connectivity index is 2.10. The number of nitrogens with zero attached hydrogens (tertiary/aromatic N) is 3. The lowest BCUT2D eigenvalue weighted by Crippen LogP contribution is -2.50. The summed E-state index contributed by atoms with van der Waals surface area (Å²) < 4.78 is 2.49. The lowest BCUT2D eigenvalue weighted by Gasteiger charge is -2.38. The van der Waals surface area contributed by atoms with Crippen LogP contribution < -0.4 is 21.9 Å². The van der Waals surface area contributed by atoms with Crippen molar-refractivity contribution in [2.75, 3.05) is 23.7 Å². The molecule has 0 saturated carbocycles. The fourth-order valence-corrected chi connectivity index (χ4v) is 3.39. The fourth-order valence-electron chi connectivity index (χ4n) is 3.39. The van der Waals surface area contributed by atoms with Crippen LogP contribution in [0.2, 0.25) is 0 Å². The van der Waals surface area contributed by atoms with Gasteiger partial charge in [-0.05, 0) is 25.3 Å². The highest BCUT2D eigenvalue weighted by atomic mass is 16.3. The lowest BCUT2D eigenvalue weighted by molar-refractivity contribution is 0.0448. The molecule has 0 radical (unpaired) electrons. The van der Waals surface area contributed by atoms with Gasteiger partial charge in [-0.3, -0.25) is 13.9 Å². The Labute approximate surface area is 145 Å². The van der Waals surface area contributed by atoms with E-state index in [1.54, 1.807) is 11.8 Å². The van der Waals surface area contributed by atoms with Crippen LogP contribution in [0.25, 0.3) is 0 Å². The predicted molar refractivity (Wildman–Crippen MR) is 98.0 cm³/mol. The normalized spacial score (nSPS) is 20.7. The molecule has 3 N–H and O–H groups in total. The molecule has 1 fully saturated rings. The van der Waals surface area contributed by atoms with Crippen molar-refractivity contribution in [1.82, 2.24) is 9.13 Å². The largest absolute Gasteiger partial charge is 0.388 e. The van der Waals surface area contributed by atoms with Crippen LogP contribution in [0, 0.1) is 0 Å². The third kappa shape index (κ3) is 3.32. The minimum atomic E-state index is -0.879. The number of nitrogen functional groups attached to an aromatic ring is 1. The van der Waals surface area contributed by atoms with Crippen LogP contribution >= 0.6 is 0 Å². The molecule has 1 aromatic carbocycles. The minimum absolute atomic E-state index is 0.148. The van der Waals surface area contributed by atoms with E-state index in [-0.39, 0.29) is 18.1 Å².